The summed E-state index contributed by atoms with van der Waals surface area (Å²) in [6, 6.07) is 1.56. The monoisotopic (exact) mass is 288 g/mol. The normalized spacial score (nSPS) is 10.6. The summed E-state index contributed by atoms with van der Waals surface area (Å²) < 4.78 is 38.9. The highest BCUT2D eigenvalue weighted by molar-refractivity contribution is 6.28. The SMILES string of the molecule is Cc1nc(Cl)nc(Nc2cc(F)c(F)c(F)c2)c1N. The van der Waals surface area contributed by atoms with E-state index in [2.05, 4.69) is 15.3 Å². The average molecular weight is 289 g/mol. The lowest BCUT2D eigenvalue weighted by molar-refractivity contribution is 0.448. The van der Waals surface area contributed by atoms with E-state index in [1.807, 2.05) is 0 Å². The Bertz CT molecular complexity index is 625. The van der Waals surface area contributed by atoms with Crippen molar-refractivity contribution >= 4 is 28.8 Å². The van der Waals surface area contributed by atoms with E-state index in [0.717, 1.165) is 12.1 Å². The number of aryl methyl sites for hydroxylation is 1. The van der Waals surface area contributed by atoms with E-state index in [1.165, 1.54) is 0 Å². The lowest BCUT2D eigenvalue weighted by Gasteiger charge is -2.10. The van der Waals surface area contributed by atoms with Crippen LogP contribution in [0.1, 0.15) is 5.69 Å². The fourth-order valence-corrected chi connectivity index (χ4v) is 1.62. The fraction of sp³-hybridized carbons (Fsp3) is 0.0909. The van der Waals surface area contributed by atoms with E-state index in [-0.39, 0.29) is 22.5 Å². The maximum absolute atomic E-state index is 13.1. The topological polar surface area (TPSA) is 63.8 Å². The largest absolute Gasteiger partial charge is 0.394 e. The molecule has 0 unspecified atom stereocenters. The van der Waals surface area contributed by atoms with Gasteiger partial charge in [0.1, 0.15) is 0 Å². The van der Waals surface area contributed by atoms with Crippen LogP contribution in [-0.4, -0.2) is 9.97 Å². The van der Waals surface area contributed by atoms with E-state index in [1.54, 1.807) is 6.92 Å². The third kappa shape index (κ3) is 2.70. The molecule has 0 aliphatic heterocycles. The van der Waals surface area contributed by atoms with Gasteiger partial charge in [-0.25, -0.2) is 18.2 Å². The van der Waals surface area contributed by atoms with Gasteiger partial charge >= 0.3 is 0 Å². The van der Waals surface area contributed by atoms with Crippen LogP contribution in [0.15, 0.2) is 12.1 Å². The number of anilines is 3. The van der Waals surface area contributed by atoms with Crippen molar-refractivity contribution in [1.82, 2.24) is 9.97 Å². The molecule has 0 atom stereocenters. The molecule has 0 saturated carbocycles. The van der Waals surface area contributed by atoms with Crippen molar-refractivity contribution < 1.29 is 13.2 Å². The van der Waals surface area contributed by atoms with E-state index in [0.29, 0.717) is 5.69 Å². The lowest BCUT2D eigenvalue weighted by Crippen LogP contribution is -2.04. The van der Waals surface area contributed by atoms with Crippen molar-refractivity contribution in [2.24, 2.45) is 0 Å². The highest BCUT2D eigenvalue weighted by Crippen LogP contribution is 2.26. The first-order valence-corrected chi connectivity index (χ1v) is 5.47. The van der Waals surface area contributed by atoms with Crippen LogP contribution in [0.25, 0.3) is 0 Å². The second kappa shape index (κ2) is 4.93. The number of benzene rings is 1. The second-order valence-electron chi connectivity index (χ2n) is 3.72. The van der Waals surface area contributed by atoms with Crippen molar-refractivity contribution in [1.29, 1.82) is 0 Å². The Morgan fingerprint density at radius 3 is 2.32 bits per heavy atom. The zero-order chi connectivity index (χ0) is 14.2. The van der Waals surface area contributed by atoms with Gasteiger partial charge in [-0.05, 0) is 18.5 Å². The molecule has 0 radical (unpaired) electrons. The molecule has 2 aromatic rings. The van der Waals surface area contributed by atoms with Gasteiger partial charge in [-0.1, -0.05) is 0 Å². The molecule has 1 aromatic carbocycles. The molecular weight excluding hydrogens is 281 g/mol. The maximum atomic E-state index is 13.1. The number of nitrogens with zero attached hydrogens (tertiary/aromatic N) is 2. The van der Waals surface area contributed by atoms with E-state index >= 15 is 0 Å². The van der Waals surface area contributed by atoms with Gasteiger partial charge in [0.25, 0.3) is 0 Å². The van der Waals surface area contributed by atoms with Gasteiger partial charge in [0.05, 0.1) is 11.4 Å². The Morgan fingerprint density at radius 2 is 1.74 bits per heavy atom. The smallest absolute Gasteiger partial charge is 0.224 e. The van der Waals surface area contributed by atoms with Crippen LogP contribution < -0.4 is 11.1 Å². The van der Waals surface area contributed by atoms with Gasteiger partial charge < -0.3 is 11.1 Å². The first kappa shape index (κ1) is 13.4. The summed E-state index contributed by atoms with van der Waals surface area (Å²) >= 11 is 5.65. The Labute approximate surface area is 111 Å². The molecule has 3 N–H and O–H groups in total. The first-order chi connectivity index (χ1) is 8.88. The van der Waals surface area contributed by atoms with Gasteiger partial charge in [-0.3, -0.25) is 0 Å². The summed E-state index contributed by atoms with van der Waals surface area (Å²) in [6.45, 7) is 1.60. The Balaban J connectivity index is 2.42. The first-order valence-electron chi connectivity index (χ1n) is 5.09. The average Bonchev–Trinajstić information content (AvgIpc) is 2.32. The quantitative estimate of drug-likeness (QED) is 0.658. The third-order valence-electron chi connectivity index (χ3n) is 2.36. The standard InChI is InChI=1S/C11H8ClF3N4/c1-4-9(16)10(19-11(12)17-4)18-5-2-6(13)8(15)7(14)3-5/h2-3H,16H2,1H3,(H,17,18,19). The van der Waals surface area contributed by atoms with Crippen LogP contribution in [-0.2, 0) is 0 Å². The number of nitrogens with two attached hydrogens (primary N) is 1. The van der Waals surface area contributed by atoms with E-state index < -0.39 is 17.5 Å². The van der Waals surface area contributed by atoms with Crippen molar-refractivity contribution in [3.05, 3.63) is 40.6 Å². The minimum atomic E-state index is -1.55. The Kier molecular flexibility index (Phi) is 3.48. The molecule has 19 heavy (non-hydrogen) atoms. The zero-order valence-corrected chi connectivity index (χ0v) is 10.4. The van der Waals surface area contributed by atoms with Gasteiger partial charge in [0.15, 0.2) is 23.3 Å². The Hall–Kier alpha value is -2.02. The molecule has 0 spiro atoms. The predicted molar refractivity (Wildman–Crippen MR) is 65.8 cm³/mol. The van der Waals surface area contributed by atoms with Gasteiger partial charge in [-0.15, -0.1) is 0 Å². The zero-order valence-electron chi connectivity index (χ0n) is 9.64. The highest BCUT2D eigenvalue weighted by Gasteiger charge is 2.13. The van der Waals surface area contributed by atoms with Crippen molar-refractivity contribution in [3.8, 4) is 0 Å². The number of nitrogen functional groups attached to an aromatic ring is 1. The van der Waals surface area contributed by atoms with Crippen LogP contribution in [0, 0.1) is 24.4 Å². The number of rotatable bonds is 2. The minimum Gasteiger partial charge on any atom is -0.394 e. The molecule has 4 nitrogen and oxygen atoms in total. The number of nitrogens with one attached hydrogen (secondary N) is 1. The summed E-state index contributed by atoms with van der Waals surface area (Å²) in [5.41, 5.74) is 6.24. The van der Waals surface area contributed by atoms with Crippen LogP contribution in [0.2, 0.25) is 5.28 Å². The summed E-state index contributed by atoms with van der Waals surface area (Å²) in [5, 5.41) is 2.48. The minimum absolute atomic E-state index is 0.0442. The molecule has 1 aromatic heterocycles. The van der Waals surface area contributed by atoms with Crippen LogP contribution >= 0.6 is 11.6 Å². The van der Waals surface area contributed by atoms with Crippen molar-refractivity contribution in [2.75, 3.05) is 11.1 Å². The Morgan fingerprint density at radius 1 is 1.16 bits per heavy atom. The number of aromatic nitrogens is 2. The molecule has 0 aliphatic rings. The lowest BCUT2D eigenvalue weighted by atomic mass is 10.2. The number of hydrogen-bond acceptors (Lipinski definition) is 4. The van der Waals surface area contributed by atoms with Gasteiger partial charge in [-0.2, -0.15) is 4.98 Å². The van der Waals surface area contributed by atoms with Gasteiger partial charge in [0.2, 0.25) is 5.28 Å². The van der Waals surface area contributed by atoms with E-state index in [4.69, 9.17) is 17.3 Å². The second-order valence-corrected chi connectivity index (χ2v) is 4.06. The van der Waals surface area contributed by atoms with Crippen LogP contribution in [0.4, 0.5) is 30.4 Å². The van der Waals surface area contributed by atoms with Crippen molar-refractivity contribution in [2.45, 2.75) is 6.92 Å². The number of halogens is 4. The third-order valence-corrected chi connectivity index (χ3v) is 2.52. The molecule has 1 heterocycles. The molecular formula is C11H8ClF3N4. The molecule has 0 bridgehead atoms. The maximum Gasteiger partial charge on any atom is 0.224 e. The number of hydrogen-bond donors (Lipinski definition) is 2. The van der Waals surface area contributed by atoms with E-state index in [9.17, 15) is 13.2 Å². The molecule has 0 fully saturated rings. The van der Waals surface area contributed by atoms with Crippen LogP contribution in [0.5, 0.6) is 0 Å². The molecule has 2 rings (SSSR count). The summed E-state index contributed by atoms with van der Waals surface area (Å²) in [4.78, 5) is 7.60. The molecule has 100 valence electrons. The van der Waals surface area contributed by atoms with Crippen molar-refractivity contribution in [3.63, 3.8) is 0 Å². The summed E-state index contributed by atoms with van der Waals surface area (Å²) in [5.74, 6) is -4.10. The molecule has 0 amide bonds. The van der Waals surface area contributed by atoms with Crippen LogP contribution in [0.3, 0.4) is 0 Å². The predicted octanol–water partition coefficient (Wildman–Crippen LogP) is 3.18. The molecule has 8 heteroatoms. The van der Waals surface area contributed by atoms with Gasteiger partial charge in [0, 0.05) is 17.8 Å². The highest BCUT2D eigenvalue weighted by atomic mass is 35.5. The summed E-state index contributed by atoms with van der Waals surface area (Å²) in [7, 11) is 0. The molecule has 0 saturated heterocycles. The fourth-order valence-electron chi connectivity index (χ4n) is 1.41. The summed E-state index contributed by atoms with van der Waals surface area (Å²) in [6.07, 6.45) is 0. The molecule has 0 aliphatic carbocycles.